The Hall–Kier alpha value is -1.32. The van der Waals surface area contributed by atoms with Crippen molar-refractivity contribution in [2.24, 2.45) is 0 Å². The van der Waals surface area contributed by atoms with Crippen LogP contribution in [0.5, 0.6) is 5.75 Å². The molecule has 20 heavy (non-hydrogen) atoms. The summed E-state index contributed by atoms with van der Waals surface area (Å²) in [5.41, 5.74) is 2.67. The average molecular weight is 289 g/mol. The summed E-state index contributed by atoms with van der Waals surface area (Å²) in [6, 6.07) is 11.1. The molecule has 0 saturated heterocycles. The van der Waals surface area contributed by atoms with E-state index in [9.17, 15) is 0 Å². The molecule has 1 heterocycles. The highest BCUT2D eigenvalue weighted by Gasteiger charge is 2.18. The Morgan fingerprint density at radius 2 is 1.75 bits per heavy atom. The van der Waals surface area contributed by atoms with Gasteiger partial charge in [-0.1, -0.05) is 45.0 Å². The smallest absolute Gasteiger partial charge is 0.134 e. The minimum Gasteiger partial charge on any atom is -0.496 e. The zero-order valence-corrected chi connectivity index (χ0v) is 13.5. The fraction of sp³-hybridized carbons (Fsp3) is 0.412. The zero-order valence-electron chi connectivity index (χ0n) is 12.6. The highest BCUT2D eigenvalue weighted by Crippen LogP contribution is 2.35. The molecule has 1 atom stereocenters. The van der Waals surface area contributed by atoms with Gasteiger partial charge in [0.05, 0.1) is 18.0 Å². The molecule has 0 radical (unpaired) electrons. The summed E-state index contributed by atoms with van der Waals surface area (Å²) >= 11 is 1.74. The van der Waals surface area contributed by atoms with E-state index < -0.39 is 0 Å². The number of hydrogen-bond acceptors (Lipinski definition) is 3. The second kappa shape index (κ2) is 6.91. The summed E-state index contributed by atoms with van der Waals surface area (Å²) in [4.78, 5) is 1.24. The molecular weight excluding hydrogens is 266 g/mol. The van der Waals surface area contributed by atoms with E-state index in [1.165, 1.54) is 16.0 Å². The van der Waals surface area contributed by atoms with E-state index in [4.69, 9.17) is 4.74 Å². The lowest BCUT2D eigenvalue weighted by Gasteiger charge is -2.19. The molecule has 0 fully saturated rings. The Bertz CT molecular complexity index is 530. The second-order valence-corrected chi connectivity index (χ2v) is 6.11. The van der Waals surface area contributed by atoms with Gasteiger partial charge in [0, 0.05) is 0 Å². The third kappa shape index (κ3) is 3.22. The van der Waals surface area contributed by atoms with Crippen LogP contribution in [0.4, 0.5) is 0 Å². The molecule has 1 N–H and O–H groups in total. The lowest BCUT2D eigenvalue weighted by atomic mass is 9.98. The summed E-state index contributed by atoms with van der Waals surface area (Å²) in [7, 11) is 1.73. The van der Waals surface area contributed by atoms with Gasteiger partial charge >= 0.3 is 0 Å². The monoisotopic (exact) mass is 289 g/mol. The Labute approximate surface area is 125 Å². The van der Waals surface area contributed by atoms with Gasteiger partial charge < -0.3 is 10.1 Å². The number of methoxy groups -OCH3 is 1. The molecule has 0 aliphatic rings. The minimum atomic E-state index is 0.205. The molecule has 3 heteroatoms. The third-order valence-corrected chi connectivity index (χ3v) is 4.45. The van der Waals surface area contributed by atoms with Crippen molar-refractivity contribution < 1.29 is 4.74 Å². The summed E-state index contributed by atoms with van der Waals surface area (Å²) in [6.07, 6.45) is 0. The highest BCUT2D eigenvalue weighted by molar-refractivity contribution is 7.10. The maximum Gasteiger partial charge on any atom is 0.134 e. The molecule has 1 unspecified atom stereocenters. The van der Waals surface area contributed by atoms with Crippen LogP contribution in [0, 0.1) is 0 Å². The quantitative estimate of drug-likeness (QED) is 0.840. The van der Waals surface area contributed by atoms with Gasteiger partial charge in [-0.2, -0.15) is 0 Å². The maximum atomic E-state index is 5.47. The van der Waals surface area contributed by atoms with Crippen molar-refractivity contribution >= 4 is 11.3 Å². The van der Waals surface area contributed by atoms with E-state index in [0.29, 0.717) is 5.92 Å². The van der Waals surface area contributed by atoms with Crippen LogP contribution in [0.1, 0.15) is 48.7 Å². The van der Waals surface area contributed by atoms with Crippen LogP contribution in [-0.2, 0) is 0 Å². The average Bonchev–Trinajstić information content (AvgIpc) is 2.93. The van der Waals surface area contributed by atoms with Crippen LogP contribution < -0.4 is 10.1 Å². The Balaban J connectivity index is 2.33. The van der Waals surface area contributed by atoms with Gasteiger partial charge in [0.15, 0.2) is 0 Å². The predicted molar refractivity (Wildman–Crippen MR) is 86.9 cm³/mol. The van der Waals surface area contributed by atoms with Crippen molar-refractivity contribution in [3.8, 4) is 5.75 Å². The van der Waals surface area contributed by atoms with E-state index in [1.54, 1.807) is 18.4 Å². The van der Waals surface area contributed by atoms with Gasteiger partial charge in [-0.15, -0.1) is 11.3 Å². The number of rotatable bonds is 6. The molecule has 0 bridgehead atoms. The molecule has 1 aromatic heterocycles. The first-order valence-corrected chi connectivity index (χ1v) is 8.00. The Kier molecular flexibility index (Phi) is 5.21. The highest BCUT2D eigenvalue weighted by atomic mass is 32.1. The van der Waals surface area contributed by atoms with Crippen molar-refractivity contribution in [1.82, 2.24) is 5.32 Å². The molecule has 0 aliphatic carbocycles. The normalized spacial score (nSPS) is 12.7. The van der Waals surface area contributed by atoms with Gasteiger partial charge in [0.2, 0.25) is 0 Å². The second-order valence-electron chi connectivity index (χ2n) is 5.17. The fourth-order valence-electron chi connectivity index (χ4n) is 2.33. The molecule has 2 nitrogen and oxygen atoms in total. The Morgan fingerprint density at radius 1 is 1.10 bits per heavy atom. The maximum absolute atomic E-state index is 5.47. The zero-order chi connectivity index (χ0) is 14.5. The van der Waals surface area contributed by atoms with Gasteiger partial charge in [0.1, 0.15) is 5.75 Å². The first-order chi connectivity index (χ1) is 9.67. The number of ether oxygens (including phenoxy) is 1. The molecule has 0 saturated carbocycles. The molecule has 108 valence electrons. The van der Waals surface area contributed by atoms with Crippen LogP contribution in [0.25, 0.3) is 0 Å². The van der Waals surface area contributed by atoms with Crippen LogP contribution in [-0.4, -0.2) is 13.7 Å². The topological polar surface area (TPSA) is 21.3 Å². The molecule has 0 aliphatic heterocycles. The molecule has 1 aromatic carbocycles. The lowest BCUT2D eigenvalue weighted by Crippen LogP contribution is -2.21. The van der Waals surface area contributed by atoms with Crippen LogP contribution in [0.2, 0.25) is 0 Å². The van der Waals surface area contributed by atoms with Crippen LogP contribution in [0.15, 0.2) is 35.7 Å². The summed E-state index contributed by atoms with van der Waals surface area (Å²) < 4.78 is 5.47. The summed E-state index contributed by atoms with van der Waals surface area (Å²) in [5.74, 6) is 1.53. The van der Waals surface area contributed by atoms with Gasteiger partial charge in [-0.3, -0.25) is 0 Å². The fourth-order valence-corrected chi connectivity index (χ4v) is 3.29. The molecule has 2 rings (SSSR count). The predicted octanol–water partition coefficient (Wildman–Crippen LogP) is 4.58. The number of benzene rings is 1. The van der Waals surface area contributed by atoms with E-state index in [2.05, 4.69) is 55.7 Å². The first kappa shape index (κ1) is 15.1. The minimum absolute atomic E-state index is 0.205. The lowest BCUT2D eigenvalue weighted by molar-refractivity contribution is 0.408. The van der Waals surface area contributed by atoms with Crippen LogP contribution >= 0.6 is 11.3 Å². The summed E-state index contributed by atoms with van der Waals surface area (Å²) in [6.45, 7) is 7.51. The number of hydrogen-bond donors (Lipinski definition) is 1. The molecular formula is C17H23NOS. The largest absolute Gasteiger partial charge is 0.496 e. The van der Waals surface area contributed by atoms with Crippen molar-refractivity contribution in [2.45, 2.75) is 32.7 Å². The Morgan fingerprint density at radius 3 is 2.30 bits per heavy atom. The van der Waals surface area contributed by atoms with Crippen molar-refractivity contribution in [3.05, 3.63) is 51.7 Å². The van der Waals surface area contributed by atoms with E-state index in [1.807, 2.05) is 6.07 Å². The number of thiophene rings is 1. The van der Waals surface area contributed by atoms with Crippen molar-refractivity contribution in [1.29, 1.82) is 0 Å². The van der Waals surface area contributed by atoms with E-state index in [-0.39, 0.29) is 6.04 Å². The number of nitrogens with one attached hydrogen (secondary N) is 1. The third-order valence-electron chi connectivity index (χ3n) is 3.48. The summed E-state index contributed by atoms with van der Waals surface area (Å²) in [5, 5.41) is 5.64. The molecule has 0 spiro atoms. The van der Waals surface area contributed by atoms with Crippen molar-refractivity contribution in [2.75, 3.05) is 13.7 Å². The van der Waals surface area contributed by atoms with Gasteiger partial charge in [0.25, 0.3) is 0 Å². The molecule has 2 aromatic rings. The standard InChI is InChI=1S/C17H23NOS/c1-5-18-16(17-15(19-4)10-11-20-17)14-8-6-13(7-9-14)12(2)3/h6-12,16,18H,5H2,1-4H3. The van der Waals surface area contributed by atoms with E-state index >= 15 is 0 Å². The molecule has 0 amide bonds. The SMILES string of the molecule is CCNC(c1ccc(C(C)C)cc1)c1sccc1OC. The van der Waals surface area contributed by atoms with Crippen LogP contribution in [0.3, 0.4) is 0 Å². The van der Waals surface area contributed by atoms with E-state index in [0.717, 1.165) is 12.3 Å². The van der Waals surface area contributed by atoms with Crippen molar-refractivity contribution in [3.63, 3.8) is 0 Å². The van der Waals surface area contributed by atoms with Gasteiger partial charge in [-0.05, 0) is 35.0 Å². The first-order valence-electron chi connectivity index (χ1n) is 7.12. The van der Waals surface area contributed by atoms with Gasteiger partial charge in [-0.25, -0.2) is 0 Å².